The topological polar surface area (TPSA) is 109 Å². The summed E-state index contributed by atoms with van der Waals surface area (Å²) in [5.74, 6) is -0.538. The monoisotopic (exact) mass is 436 g/mol. The van der Waals surface area contributed by atoms with Crippen LogP contribution in [0.2, 0.25) is 0 Å². The zero-order chi connectivity index (χ0) is 21.2. The summed E-state index contributed by atoms with van der Waals surface area (Å²) in [5, 5.41) is 3.46. The zero-order valence-electron chi connectivity index (χ0n) is 16.3. The van der Waals surface area contributed by atoms with Crippen molar-refractivity contribution < 1.29 is 17.6 Å². The van der Waals surface area contributed by atoms with Crippen LogP contribution in [0.1, 0.15) is 35.9 Å². The first-order valence-corrected chi connectivity index (χ1v) is 11.1. The molecular formula is C19H24N4O4S2. The highest BCUT2D eigenvalue weighted by Gasteiger charge is 2.32. The Bertz CT molecular complexity index is 991. The molecule has 1 saturated heterocycles. The van der Waals surface area contributed by atoms with Crippen molar-refractivity contribution in [1.29, 1.82) is 0 Å². The second-order valence-corrected chi connectivity index (χ2v) is 9.34. The second-order valence-electron chi connectivity index (χ2n) is 7.08. The molecule has 2 aromatic rings. The Morgan fingerprint density at radius 2 is 1.72 bits per heavy atom. The van der Waals surface area contributed by atoms with Crippen molar-refractivity contribution in [3.05, 3.63) is 47.7 Å². The SMILES string of the molecule is CC(C)c1ccc(NC(=S)N2CCN(S(=O)(=O)c3ccc(C(N)=O)o3)CC2)cc1. The van der Waals surface area contributed by atoms with Crippen LogP contribution in [0.4, 0.5) is 5.69 Å². The van der Waals surface area contributed by atoms with Crippen molar-refractivity contribution in [2.24, 2.45) is 5.73 Å². The average molecular weight is 437 g/mol. The molecule has 3 rings (SSSR count). The maximum absolute atomic E-state index is 12.7. The second kappa shape index (κ2) is 8.52. The van der Waals surface area contributed by atoms with Crippen molar-refractivity contribution in [1.82, 2.24) is 9.21 Å². The molecule has 1 fully saturated rings. The quantitative estimate of drug-likeness (QED) is 0.692. The molecule has 0 atom stereocenters. The molecule has 0 saturated carbocycles. The smallest absolute Gasteiger partial charge is 0.284 e. The lowest BCUT2D eigenvalue weighted by Gasteiger charge is -2.35. The molecule has 1 aliphatic rings. The highest BCUT2D eigenvalue weighted by atomic mass is 32.2. The van der Waals surface area contributed by atoms with Crippen LogP contribution in [0.25, 0.3) is 0 Å². The van der Waals surface area contributed by atoms with E-state index in [-0.39, 0.29) is 23.9 Å². The van der Waals surface area contributed by atoms with E-state index in [1.165, 1.54) is 22.0 Å². The van der Waals surface area contributed by atoms with Crippen LogP contribution >= 0.6 is 12.2 Å². The van der Waals surface area contributed by atoms with Gasteiger partial charge in [0.15, 0.2) is 10.9 Å². The Hall–Kier alpha value is -2.43. The van der Waals surface area contributed by atoms with Gasteiger partial charge in [0.1, 0.15) is 0 Å². The summed E-state index contributed by atoms with van der Waals surface area (Å²) >= 11 is 5.47. The lowest BCUT2D eigenvalue weighted by Crippen LogP contribution is -2.51. The van der Waals surface area contributed by atoms with Crippen molar-refractivity contribution >= 4 is 38.9 Å². The van der Waals surface area contributed by atoms with Crippen LogP contribution in [-0.2, 0) is 10.0 Å². The van der Waals surface area contributed by atoms with Gasteiger partial charge in [-0.1, -0.05) is 26.0 Å². The number of piperazine rings is 1. The lowest BCUT2D eigenvalue weighted by molar-refractivity contribution is 0.0968. The molecule has 0 spiro atoms. The van der Waals surface area contributed by atoms with E-state index in [0.29, 0.717) is 24.1 Å². The fourth-order valence-corrected chi connectivity index (χ4v) is 4.64. The summed E-state index contributed by atoms with van der Waals surface area (Å²) in [6, 6.07) is 10.6. The minimum Gasteiger partial charge on any atom is -0.438 e. The minimum absolute atomic E-state index is 0.184. The summed E-state index contributed by atoms with van der Waals surface area (Å²) in [5.41, 5.74) is 7.26. The van der Waals surface area contributed by atoms with Crippen molar-refractivity contribution in [2.45, 2.75) is 24.9 Å². The number of nitrogens with two attached hydrogens (primary N) is 1. The average Bonchev–Trinajstić information content (AvgIpc) is 3.20. The van der Waals surface area contributed by atoms with Crippen molar-refractivity contribution in [3.63, 3.8) is 0 Å². The van der Waals surface area contributed by atoms with Gasteiger partial charge in [-0.15, -0.1) is 0 Å². The predicted octanol–water partition coefficient (Wildman–Crippen LogP) is 2.21. The summed E-state index contributed by atoms with van der Waals surface area (Å²) in [4.78, 5) is 13.1. The maximum atomic E-state index is 12.7. The van der Waals surface area contributed by atoms with Crippen LogP contribution in [0.5, 0.6) is 0 Å². The molecule has 156 valence electrons. The van der Waals surface area contributed by atoms with E-state index in [4.69, 9.17) is 22.4 Å². The number of rotatable bonds is 5. The van der Waals surface area contributed by atoms with Crippen molar-refractivity contribution in [2.75, 3.05) is 31.5 Å². The zero-order valence-corrected chi connectivity index (χ0v) is 17.9. The molecule has 29 heavy (non-hydrogen) atoms. The molecule has 1 aromatic carbocycles. The normalized spacial score (nSPS) is 15.5. The van der Waals surface area contributed by atoms with E-state index in [2.05, 4.69) is 31.3 Å². The van der Waals surface area contributed by atoms with Gasteiger partial charge >= 0.3 is 0 Å². The molecule has 3 N–H and O–H groups in total. The number of amides is 1. The maximum Gasteiger partial charge on any atom is 0.284 e. The Balaban J connectivity index is 1.59. The first-order valence-electron chi connectivity index (χ1n) is 9.24. The molecule has 8 nitrogen and oxygen atoms in total. The van der Waals surface area contributed by atoms with E-state index in [9.17, 15) is 13.2 Å². The van der Waals surface area contributed by atoms with Gasteiger partial charge in [0.25, 0.3) is 15.9 Å². The Kier molecular flexibility index (Phi) is 6.25. The third-order valence-corrected chi connectivity index (χ3v) is 6.91. The summed E-state index contributed by atoms with van der Waals surface area (Å²) in [7, 11) is -3.83. The van der Waals surface area contributed by atoms with Crippen LogP contribution in [0, 0.1) is 0 Å². The van der Waals surface area contributed by atoms with Crippen LogP contribution in [-0.4, -0.2) is 54.8 Å². The van der Waals surface area contributed by atoms with Gasteiger partial charge in [-0.05, 0) is 48.0 Å². The number of nitrogens with one attached hydrogen (secondary N) is 1. The van der Waals surface area contributed by atoms with Gasteiger partial charge in [0, 0.05) is 31.9 Å². The molecule has 1 amide bonds. The predicted molar refractivity (Wildman–Crippen MR) is 114 cm³/mol. The minimum atomic E-state index is -3.83. The summed E-state index contributed by atoms with van der Waals surface area (Å²) in [6.07, 6.45) is 0. The fraction of sp³-hybridized carbons (Fsp3) is 0.368. The summed E-state index contributed by atoms with van der Waals surface area (Å²) in [6.45, 7) is 5.67. The number of hydrogen-bond donors (Lipinski definition) is 2. The van der Waals surface area contributed by atoms with Gasteiger partial charge in [-0.3, -0.25) is 4.79 Å². The molecule has 0 radical (unpaired) electrons. The van der Waals surface area contributed by atoms with Gasteiger partial charge in [0.2, 0.25) is 5.09 Å². The number of primary amides is 1. The van der Waals surface area contributed by atoms with Crippen molar-refractivity contribution in [3.8, 4) is 0 Å². The molecule has 0 bridgehead atoms. The molecule has 0 aliphatic carbocycles. The number of sulfonamides is 1. The van der Waals surface area contributed by atoms with E-state index in [0.717, 1.165) is 5.69 Å². The number of hydrogen-bond acceptors (Lipinski definition) is 5. The van der Waals surface area contributed by atoms with Crippen LogP contribution in [0.15, 0.2) is 45.9 Å². The molecule has 0 unspecified atom stereocenters. The third-order valence-electron chi connectivity index (χ3n) is 4.77. The highest BCUT2D eigenvalue weighted by Crippen LogP contribution is 2.21. The van der Waals surface area contributed by atoms with Gasteiger partial charge in [-0.25, -0.2) is 8.42 Å². The van der Waals surface area contributed by atoms with Gasteiger partial charge in [0.05, 0.1) is 0 Å². The number of anilines is 1. The third kappa shape index (κ3) is 4.77. The van der Waals surface area contributed by atoms with Gasteiger partial charge < -0.3 is 20.4 Å². The van der Waals surface area contributed by atoms with E-state index in [1.54, 1.807) is 0 Å². The molecule has 1 aliphatic heterocycles. The molecular weight excluding hydrogens is 412 g/mol. The molecule has 2 heterocycles. The van der Waals surface area contributed by atoms with Gasteiger partial charge in [-0.2, -0.15) is 4.31 Å². The number of benzene rings is 1. The Morgan fingerprint density at radius 3 is 2.24 bits per heavy atom. The van der Waals surface area contributed by atoms with E-state index >= 15 is 0 Å². The number of carbonyl (C=O) groups is 1. The number of carbonyl (C=O) groups excluding carboxylic acids is 1. The Morgan fingerprint density at radius 1 is 1.10 bits per heavy atom. The highest BCUT2D eigenvalue weighted by molar-refractivity contribution is 7.89. The van der Waals surface area contributed by atoms with Crippen LogP contribution in [0.3, 0.4) is 0 Å². The Labute approximate surface area is 175 Å². The largest absolute Gasteiger partial charge is 0.438 e. The standard InChI is InChI=1S/C19H24N4O4S2/c1-13(2)14-3-5-15(6-4-14)21-19(28)22-9-11-23(12-10-22)29(25,26)17-8-7-16(27-17)18(20)24/h3-8,13H,9-12H2,1-2H3,(H2,20,24)(H,21,28). The summed E-state index contributed by atoms with van der Waals surface area (Å²) < 4.78 is 31.8. The van der Waals surface area contributed by atoms with Crippen LogP contribution < -0.4 is 11.1 Å². The molecule has 1 aromatic heterocycles. The fourth-order valence-electron chi connectivity index (χ4n) is 3.00. The van der Waals surface area contributed by atoms with E-state index in [1.807, 2.05) is 17.0 Å². The first kappa shape index (κ1) is 21.3. The lowest BCUT2D eigenvalue weighted by atomic mass is 10.0. The molecule has 10 heteroatoms. The number of thiocarbonyl (C=S) groups is 1. The first-order chi connectivity index (χ1) is 13.7. The van der Waals surface area contributed by atoms with E-state index < -0.39 is 15.9 Å². The number of nitrogens with zero attached hydrogens (tertiary/aromatic N) is 2. The number of furan rings is 1.